The fraction of sp³-hybridized carbons (Fsp3) is 0.552. The van der Waals surface area contributed by atoms with Crippen molar-refractivity contribution in [1.82, 2.24) is 10.6 Å². The lowest BCUT2D eigenvalue weighted by Crippen LogP contribution is -2.56. The summed E-state index contributed by atoms with van der Waals surface area (Å²) in [5, 5.41) is 6.26. The number of aryl methyl sites for hydroxylation is 1. The van der Waals surface area contributed by atoms with Gasteiger partial charge in [-0.1, -0.05) is 43.3 Å². The Morgan fingerprint density at radius 3 is 2.41 bits per heavy atom. The van der Waals surface area contributed by atoms with E-state index in [1.165, 1.54) is 27.9 Å². The van der Waals surface area contributed by atoms with Crippen molar-refractivity contribution in [3.63, 3.8) is 0 Å². The number of hydrogen-bond acceptors (Lipinski definition) is 3. The summed E-state index contributed by atoms with van der Waals surface area (Å²) in [7, 11) is 0. The summed E-state index contributed by atoms with van der Waals surface area (Å²) in [6, 6.07) is 15.7. The highest BCUT2D eigenvalue weighted by Gasteiger charge is 2.49. The van der Waals surface area contributed by atoms with Crippen LogP contribution >= 0.6 is 0 Å². The molecule has 0 radical (unpaired) electrons. The first-order chi connectivity index (χ1) is 16.5. The second-order valence-corrected chi connectivity index (χ2v) is 10.4. The van der Waals surface area contributed by atoms with E-state index in [1.807, 2.05) is 0 Å². The zero-order valence-corrected chi connectivity index (χ0v) is 21.0. The average Bonchev–Trinajstić information content (AvgIpc) is 3.52. The highest BCUT2D eigenvalue weighted by molar-refractivity contribution is 5.77. The molecule has 1 spiro atoms. The number of carbonyl (C=O) groups is 1. The lowest BCUT2D eigenvalue weighted by atomic mass is 9.68. The molecule has 1 unspecified atom stereocenters. The molecule has 2 aromatic carbocycles. The summed E-state index contributed by atoms with van der Waals surface area (Å²) in [5.74, 6) is 0.496. The smallest absolute Gasteiger partial charge is 0.315 e. The third-order valence-corrected chi connectivity index (χ3v) is 8.68. The van der Waals surface area contributed by atoms with E-state index in [-0.39, 0.29) is 17.1 Å². The van der Waals surface area contributed by atoms with Crippen LogP contribution in [-0.4, -0.2) is 37.9 Å². The van der Waals surface area contributed by atoms with E-state index < -0.39 is 0 Å². The van der Waals surface area contributed by atoms with Crippen molar-refractivity contribution in [1.29, 1.82) is 0 Å². The van der Waals surface area contributed by atoms with E-state index in [4.69, 9.17) is 4.74 Å². The molecule has 182 valence electrons. The van der Waals surface area contributed by atoms with Crippen LogP contribution in [0.2, 0.25) is 0 Å². The zero-order chi connectivity index (χ0) is 23.8. The van der Waals surface area contributed by atoms with Gasteiger partial charge in [0.25, 0.3) is 0 Å². The van der Waals surface area contributed by atoms with Gasteiger partial charge >= 0.3 is 6.03 Å². The van der Waals surface area contributed by atoms with Gasteiger partial charge in [0.1, 0.15) is 0 Å². The van der Waals surface area contributed by atoms with Crippen molar-refractivity contribution in [2.45, 2.75) is 76.3 Å². The monoisotopic (exact) mass is 461 g/mol. The third-order valence-electron chi connectivity index (χ3n) is 8.68. The first kappa shape index (κ1) is 23.2. The van der Waals surface area contributed by atoms with Gasteiger partial charge in [0.2, 0.25) is 0 Å². The van der Waals surface area contributed by atoms with Crippen molar-refractivity contribution in [3.8, 4) is 0 Å². The number of nitrogens with one attached hydrogen (secondary N) is 2. The Balaban J connectivity index is 1.59. The van der Waals surface area contributed by atoms with Crippen LogP contribution in [0.3, 0.4) is 0 Å². The molecule has 1 atom stereocenters. The van der Waals surface area contributed by atoms with Gasteiger partial charge < -0.3 is 20.3 Å². The molecule has 2 heterocycles. The predicted molar refractivity (Wildman–Crippen MR) is 138 cm³/mol. The summed E-state index contributed by atoms with van der Waals surface area (Å²) in [6.07, 6.45) is 6.13. The molecule has 2 saturated heterocycles. The van der Waals surface area contributed by atoms with Crippen LogP contribution in [0.5, 0.6) is 0 Å². The van der Waals surface area contributed by atoms with Gasteiger partial charge in [-0.2, -0.15) is 0 Å². The molecule has 3 aliphatic rings. The molecule has 1 saturated carbocycles. The summed E-state index contributed by atoms with van der Waals surface area (Å²) in [6.45, 7) is 10.2. The molecular weight excluding hydrogens is 422 g/mol. The van der Waals surface area contributed by atoms with Crippen molar-refractivity contribution >= 4 is 11.7 Å². The second-order valence-electron chi connectivity index (χ2n) is 10.4. The van der Waals surface area contributed by atoms with Crippen LogP contribution in [-0.2, 0) is 16.7 Å². The van der Waals surface area contributed by atoms with Crippen LogP contribution in [0.1, 0.15) is 74.1 Å². The molecule has 0 aromatic heterocycles. The number of benzene rings is 2. The Morgan fingerprint density at radius 1 is 1.06 bits per heavy atom. The van der Waals surface area contributed by atoms with E-state index in [2.05, 4.69) is 78.8 Å². The lowest BCUT2D eigenvalue weighted by molar-refractivity contribution is 0.183. The number of hydrogen-bond donors (Lipinski definition) is 2. The number of carbonyl (C=O) groups excluding carboxylic acids is 1. The van der Waals surface area contributed by atoms with Gasteiger partial charge in [-0.3, -0.25) is 0 Å². The molecule has 1 aliphatic carbocycles. The molecule has 5 nitrogen and oxygen atoms in total. The minimum Gasteiger partial charge on any atom is -0.381 e. The Morgan fingerprint density at radius 2 is 1.82 bits per heavy atom. The van der Waals surface area contributed by atoms with E-state index >= 15 is 0 Å². The minimum atomic E-state index is -0.109. The number of nitrogens with zero attached hydrogens (tertiary/aromatic N) is 1. The van der Waals surface area contributed by atoms with Crippen molar-refractivity contribution in [3.05, 3.63) is 64.7 Å². The SMILES string of the molecule is CCc1c(N(CC)[C@]2(c3ccccc3)CC[C@@]3(CC2)CNC(=O)N3)ccc(C)c1C1CCOC1. The number of rotatable bonds is 6. The Labute approximate surface area is 204 Å². The molecule has 2 amide bonds. The topological polar surface area (TPSA) is 53.6 Å². The maximum absolute atomic E-state index is 12.0. The Kier molecular flexibility index (Phi) is 6.32. The Bertz CT molecular complexity index is 1020. The van der Waals surface area contributed by atoms with Crippen LogP contribution in [0.15, 0.2) is 42.5 Å². The molecule has 3 fully saturated rings. The number of ether oxygens (including phenoxy) is 1. The largest absolute Gasteiger partial charge is 0.381 e. The molecule has 5 heteroatoms. The molecule has 34 heavy (non-hydrogen) atoms. The molecule has 2 N–H and O–H groups in total. The number of urea groups is 1. The molecule has 0 bridgehead atoms. The molecular formula is C29H39N3O2. The summed E-state index contributed by atoms with van der Waals surface area (Å²) in [5.41, 5.74) is 6.97. The normalized spacial score (nSPS) is 28.7. The van der Waals surface area contributed by atoms with E-state index in [0.717, 1.165) is 64.8 Å². The van der Waals surface area contributed by atoms with Gasteiger partial charge in [-0.25, -0.2) is 4.79 Å². The quantitative estimate of drug-likeness (QED) is 0.605. The standard InChI is InChI=1S/C29H39N3O2/c1-4-24-25(12-11-21(3)26(24)22-13-18-34-19-22)32(5-2)29(23-9-7-6-8-10-23)16-14-28(15-17-29)20-30-27(33)31-28/h6-12,22H,4-5,13-20H2,1-3H3,(H2,30,31,33)/t22?,28-,29-. The van der Waals surface area contributed by atoms with Crippen molar-refractivity contribution in [2.24, 2.45) is 0 Å². The summed E-state index contributed by atoms with van der Waals surface area (Å²) < 4.78 is 5.81. The predicted octanol–water partition coefficient (Wildman–Crippen LogP) is 5.41. The highest BCUT2D eigenvalue weighted by Crippen LogP contribution is 2.49. The fourth-order valence-corrected chi connectivity index (χ4v) is 6.91. The van der Waals surface area contributed by atoms with Crippen LogP contribution < -0.4 is 15.5 Å². The van der Waals surface area contributed by atoms with Gasteiger partial charge in [0.15, 0.2) is 0 Å². The highest BCUT2D eigenvalue weighted by atomic mass is 16.5. The lowest BCUT2D eigenvalue weighted by Gasteiger charge is -2.52. The minimum absolute atomic E-state index is 0.0187. The maximum atomic E-state index is 12.0. The first-order valence-electron chi connectivity index (χ1n) is 13.1. The number of amides is 2. The van der Waals surface area contributed by atoms with Crippen molar-refractivity contribution < 1.29 is 9.53 Å². The van der Waals surface area contributed by atoms with Crippen LogP contribution in [0.4, 0.5) is 10.5 Å². The third kappa shape index (κ3) is 3.88. The zero-order valence-electron chi connectivity index (χ0n) is 21.0. The first-order valence-corrected chi connectivity index (χ1v) is 13.1. The van der Waals surface area contributed by atoms with Crippen molar-refractivity contribution in [2.75, 3.05) is 31.2 Å². The van der Waals surface area contributed by atoms with E-state index in [9.17, 15) is 4.79 Å². The summed E-state index contributed by atoms with van der Waals surface area (Å²) >= 11 is 0. The van der Waals surface area contributed by atoms with Gasteiger partial charge in [-0.05, 0) is 80.7 Å². The van der Waals surface area contributed by atoms with Gasteiger partial charge in [0, 0.05) is 31.3 Å². The summed E-state index contributed by atoms with van der Waals surface area (Å²) in [4.78, 5) is 14.7. The van der Waals surface area contributed by atoms with E-state index in [1.54, 1.807) is 0 Å². The van der Waals surface area contributed by atoms with Crippen LogP contribution in [0.25, 0.3) is 0 Å². The average molecular weight is 462 g/mol. The fourth-order valence-electron chi connectivity index (χ4n) is 6.91. The van der Waals surface area contributed by atoms with Gasteiger partial charge in [-0.15, -0.1) is 0 Å². The second kappa shape index (κ2) is 9.26. The van der Waals surface area contributed by atoms with E-state index in [0.29, 0.717) is 5.92 Å². The van der Waals surface area contributed by atoms with Gasteiger partial charge in [0.05, 0.1) is 17.7 Å². The maximum Gasteiger partial charge on any atom is 0.315 e. The number of anilines is 1. The molecule has 2 aliphatic heterocycles. The molecule has 2 aromatic rings. The molecule has 5 rings (SSSR count). The van der Waals surface area contributed by atoms with Crippen LogP contribution in [0, 0.1) is 6.92 Å². The Hall–Kier alpha value is -2.53.